The molecule has 0 aliphatic carbocycles. The minimum absolute atomic E-state index is 0.0324. The molecule has 1 unspecified atom stereocenters. The third kappa shape index (κ3) is 3.42. The van der Waals surface area contributed by atoms with Crippen LogP contribution in [0.15, 0.2) is 60.7 Å². The van der Waals surface area contributed by atoms with Gasteiger partial charge in [-0.05, 0) is 37.5 Å². The Morgan fingerprint density at radius 2 is 1.56 bits per heavy atom. The molecule has 0 spiro atoms. The van der Waals surface area contributed by atoms with Gasteiger partial charge >= 0.3 is 6.03 Å². The third-order valence-corrected chi connectivity index (χ3v) is 5.64. The maximum atomic E-state index is 13.1. The average Bonchev–Trinajstić information content (AvgIpc) is 2.91. The van der Waals surface area contributed by atoms with E-state index < -0.39 is 5.54 Å². The van der Waals surface area contributed by atoms with E-state index in [4.69, 9.17) is 0 Å². The molecule has 1 atom stereocenters. The molecular weight excluding hydrogens is 338 g/mol. The van der Waals surface area contributed by atoms with Crippen molar-refractivity contribution in [2.24, 2.45) is 0 Å². The van der Waals surface area contributed by atoms with Crippen molar-refractivity contribution in [2.75, 3.05) is 18.0 Å². The van der Waals surface area contributed by atoms with Crippen LogP contribution in [0.4, 0.5) is 10.5 Å². The van der Waals surface area contributed by atoms with Crippen LogP contribution in [0.3, 0.4) is 0 Å². The standard InChI is InChI=1S/C22H25N3O2/c1-22(16-17-8-4-2-5-9-17)20(26)25(21(27)23-22)19-12-14-24(15-13-19)18-10-6-3-7-11-18/h2-11,19H,12-16H2,1H3,(H,23,27). The van der Waals surface area contributed by atoms with Gasteiger partial charge in [0.05, 0.1) is 0 Å². The second kappa shape index (κ2) is 7.06. The van der Waals surface area contributed by atoms with Crippen molar-refractivity contribution in [3.05, 3.63) is 66.2 Å². The molecule has 1 N–H and O–H groups in total. The lowest BCUT2D eigenvalue weighted by molar-refractivity contribution is -0.132. The number of hydrogen-bond acceptors (Lipinski definition) is 3. The van der Waals surface area contributed by atoms with Crippen molar-refractivity contribution in [3.8, 4) is 0 Å². The van der Waals surface area contributed by atoms with Gasteiger partial charge in [0.25, 0.3) is 5.91 Å². The fourth-order valence-electron chi connectivity index (χ4n) is 4.18. The number of nitrogens with zero attached hydrogens (tertiary/aromatic N) is 2. The van der Waals surface area contributed by atoms with Gasteiger partial charge < -0.3 is 10.2 Å². The van der Waals surface area contributed by atoms with Gasteiger partial charge in [0.2, 0.25) is 0 Å². The van der Waals surface area contributed by atoms with Crippen LogP contribution in [0.25, 0.3) is 0 Å². The van der Waals surface area contributed by atoms with Crippen LogP contribution in [0, 0.1) is 0 Å². The Bertz CT molecular complexity index is 816. The molecule has 2 saturated heterocycles. The number of hydrogen-bond donors (Lipinski definition) is 1. The predicted octanol–water partition coefficient (Wildman–Crippen LogP) is 3.21. The molecular formula is C22H25N3O2. The number of urea groups is 1. The van der Waals surface area contributed by atoms with E-state index in [2.05, 4.69) is 22.3 Å². The normalized spacial score (nSPS) is 23.6. The van der Waals surface area contributed by atoms with Crippen molar-refractivity contribution < 1.29 is 9.59 Å². The number of para-hydroxylation sites is 1. The Morgan fingerprint density at radius 3 is 2.19 bits per heavy atom. The fraction of sp³-hybridized carbons (Fsp3) is 0.364. The van der Waals surface area contributed by atoms with Crippen molar-refractivity contribution in [3.63, 3.8) is 0 Å². The zero-order valence-electron chi connectivity index (χ0n) is 15.6. The highest BCUT2D eigenvalue weighted by atomic mass is 16.2. The first kappa shape index (κ1) is 17.6. The van der Waals surface area contributed by atoms with E-state index >= 15 is 0 Å². The summed E-state index contributed by atoms with van der Waals surface area (Å²) in [6.45, 7) is 3.53. The van der Waals surface area contributed by atoms with Crippen molar-refractivity contribution in [1.29, 1.82) is 0 Å². The molecule has 2 heterocycles. The highest BCUT2D eigenvalue weighted by molar-refractivity contribution is 6.07. The molecule has 0 radical (unpaired) electrons. The second-order valence-electron chi connectivity index (χ2n) is 7.65. The molecule has 27 heavy (non-hydrogen) atoms. The third-order valence-electron chi connectivity index (χ3n) is 5.64. The molecule has 2 fully saturated rings. The zero-order valence-corrected chi connectivity index (χ0v) is 15.6. The van der Waals surface area contributed by atoms with Crippen LogP contribution in [0.2, 0.25) is 0 Å². The van der Waals surface area contributed by atoms with Crippen LogP contribution < -0.4 is 10.2 Å². The van der Waals surface area contributed by atoms with Gasteiger partial charge in [-0.2, -0.15) is 0 Å². The summed E-state index contributed by atoms with van der Waals surface area (Å²) in [6, 6.07) is 19.8. The molecule has 2 aliphatic rings. The van der Waals surface area contributed by atoms with E-state index in [1.165, 1.54) is 10.6 Å². The van der Waals surface area contributed by atoms with Crippen LogP contribution >= 0.6 is 0 Å². The zero-order chi connectivity index (χ0) is 18.9. The monoisotopic (exact) mass is 363 g/mol. The molecule has 2 aromatic rings. The minimum Gasteiger partial charge on any atom is -0.371 e. The number of carbonyl (C=O) groups is 2. The van der Waals surface area contributed by atoms with Gasteiger partial charge in [0.1, 0.15) is 5.54 Å². The first-order valence-corrected chi connectivity index (χ1v) is 9.56. The second-order valence-corrected chi connectivity index (χ2v) is 7.65. The van der Waals surface area contributed by atoms with E-state index in [0.717, 1.165) is 31.5 Å². The minimum atomic E-state index is -0.866. The van der Waals surface area contributed by atoms with E-state index in [0.29, 0.717) is 6.42 Å². The topological polar surface area (TPSA) is 52.7 Å². The summed E-state index contributed by atoms with van der Waals surface area (Å²) in [5, 5.41) is 2.94. The van der Waals surface area contributed by atoms with E-state index in [1.807, 2.05) is 55.5 Å². The van der Waals surface area contributed by atoms with E-state index in [9.17, 15) is 9.59 Å². The van der Waals surface area contributed by atoms with E-state index in [-0.39, 0.29) is 18.0 Å². The number of piperidine rings is 1. The number of imide groups is 1. The first-order chi connectivity index (χ1) is 13.1. The van der Waals surface area contributed by atoms with Gasteiger partial charge in [-0.25, -0.2) is 4.79 Å². The molecule has 4 rings (SSSR count). The van der Waals surface area contributed by atoms with Gasteiger partial charge in [-0.3, -0.25) is 9.69 Å². The number of anilines is 1. The largest absolute Gasteiger partial charge is 0.371 e. The smallest absolute Gasteiger partial charge is 0.325 e. The summed E-state index contributed by atoms with van der Waals surface area (Å²) in [5.74, 6) is -0.102. The Morgan fingerprint density at radius 1 is 0.963 bits per heavy atom. The summed E-state index contributed by atoms with van der Waals surface area (Å²) in [7, 11) is 0. The Labute approximate surface area is 160 Å². The number of rotatable bonds is 4. The molecule has 0 aromatic heterocycles. The molecule has 5 heteroatoms. The average molecular weight is 363 g/mol. The summed E-state index contributed by atoms with van der Waals surface area (Å²) in [6.07, 6.45) is 2.11. The highest BCUT2D eigenvalue weighted by Crippen LogP contribution is 2.29. The van der Waals surface area contributed by atoms with Crippen LogP contribution in [0.1, 0.15) is 25.3 Å². The molecule has 0 saturated carbocycles. The van der Waals surface area contributed by atoms with Gasteiger partial charge in [-0.15, -0.1) is 0 Å². The number of amides is 3. The lowest BCUT2D eigenvalue weighted by atomic mass is 9.92. The Kier molecular flexibility index (Phi) is 4.60. The van der Waals surface area contributed by atoms with Gasteiger partial charge in [0.15, 0.2) is 0 Å². The fourth-order valence-corrected chi connectivity index (χ4v) is 4.18. The van der Waals surface area contributed by atoms with Crippen molar-refractivity contribution in [2.45, 2.75) is 37.8 Å². The molecule has 3 amide bonds. The van der Waals surface area contributed by atoms with Crippen LogP contribution in [-0.4, -0.2) is 41.5 Å². The first-order valence-electron chi connectivity index (χ1n) is 9.56. The summed E-state index contributed by atoms with van der Waals surface area (Å²) in [5.41, 5.74) is 1.38. The van der Waals surface area contributed by atoms with Crippen molar-refractivity contribution in [1.82, 2.24) is 10.2 Å². The highest BCUT2D eigenvalue weighted by Gasteiger charge is 2.50. The van der Waals surface area contributed by atoms with E-state index in [1.54, 1.807) is 0 Å². The van der Waals surface area contributed by atoms with Gasteiger partial charge in [-0.1, -0.05) is 48.5 Å². The van der Waals surface area contributed by atoms with Crippen molar-refractivity contribution >= 4 is 17.6 Å². The molecule has 2 aromatic carbocycles. The Balaban J connectivity index is 1.44. The molecule has 5 nitrogen and oxygen atoms in total. The van der Waals surface area contributed by atoms with Crippen LogP contribution in [-0.2, 0) is 11.2 Å². The maximum absolute atomic E-state index is 13.1. The predicted molar refractivity (Wildman–Crippen MR) is 106 cm³/mol. The maximum Gasteiger partial charge on any atom is 0.325 e. The summed E-state index contributed by atoms with van der Waals surface area (Å²) in [4.78, 5) is 29.5. The SMILES string of the molecule is CC1(Cc2ccccc2)NC(=O)N(C2CCN(c3ccccc3)CC2)C1=O. The lowest BCUT2D eigenvalue weighted by Crippen LogP contribution is -2.50. The Hall–Kier alpha value is -2.82. The number of carbonyl (C=O) groups excluding carboxylic acids is 2. The molecule has 140 valence electrons. The van der Waals surface area contributed by atoms with Crippen LogP contribution in [0.5, 0.6) is 0 Å². The molecule has 0 bridgehead atoms. The quantitative estimate of drug-likeness (QED) is 0.849. The lowest BCUT2D eigenvalue weighted by Gasteiger charge is -2.36. The summed E-state index contributed by atoms with van der Waals surface area (Å²) >= 11 is 0. The summed E-state index contributed by atoms with van der Waals surface area (Å²) < 4.78 is 0. The number of nitrogens with one attached hydrogen (secondary N) is 1. The molecule has 2 aliphatic heterocycles. The number of benzene rings is 2. The van der Waals surface area contributed by atoms with Gasteiger partial charge in [0, 0.05) is 31.2 Å².